The fourth-order valence-electron chi connectivity index (χ4n) is 3.17. The second-order valence-corrected chi connectivity index (χ2v) is 7.06. The summed E-state index contributed by atoms with van der Waals surface area (Å²) >= 11 is 0. The zero-order valence-electron chi connectivity index (χ0n) is 18.6. The van der Waals surface area contributed by atoms with Gasteiger partial charge in [-0.2, -0.15) is 10.2 Å². The van der Waals surface area contributed by atoms with E-state index in [9.17, 15) is 14.4 Å². The molecule has 2 aromatic carbocycles. The van der Waals surface area contributed by atoms with Gasteiger partial charge in [-0.3, -0.25) is 4.79 Å². The van der Waals surface area contributed by atoms with Crippen molar-refractivity contribution in [3.63, 3.8) is 0 Å². The molecule has 0 aliphatic carbocycles. The van der Waals surface area contributed by atoms with Crippen molar-refractivity contribution in [3.05, 3.63) is 53.2 Å². The predicted molar refractivity (Wildman–Crippen MR) is 115 cm³/mol. The van der Waals surface area contributed by atoms with E-state index in [1.54, 1.807) is 31.2 Å². The van der Waals surface area contributed by atoms with E-state index in [4.69, 9.17) is 18.7 Å². The summed E-state index contributed by atoms with van der Waals surface area (Å²) < 4.78 is 34.5. The van der Waals surface area contributed by atoms with Gasteiger partial charge in [0.1, 0.15) is 11.9 Å². The molecule has 1 unspecified atom stereocenters. The Morgan fingerprint density at radius 1 is 1.18 bits per heavy atom. The highest BCUT2D eigenvalue weighted by molar-refractivity contribution is 5.77. The number of ether oxygens (including phenoxy) is 3. The highest BCUT2D eigenvalue weighted by Gasteiger charge is 2.21. The third-order valence-corrected chi connectivity index (χ3v) is 4.90. The van der Waals surface area contributed by atoms with E-state index in [0.29, 0.717) is 39.8 Å². The largest absolute Gasteiger partial charge is 0.493 e. The number of hydrogen-bond donors (Lipinski definition) is 1. The number of halogens is 1. The summed E-state index contributed by atoms with van der Waals surface area (Å²) in [5.74, 6) is 0.983. The van der Waals surface area contributed by atoms with Crippen LogP contribution in [0.2, 0.25) is 0 Å². The molecule has 0 fully saturated rings. The van der Waals surface area contributed by atoms with Gasteiger partial charge in [-0.15, -0.1) is 0 Å². The van der Waals surface area contributed by atoms with Gasteiger partial charge in [-0.25, -0.2) is 4.39 Å². The third kappa shape index (κ3) is 5.38. The van der Waals surface area contributed by atoms with E-state index >= 15 is 0 Å². The lowest BCUT2D eigenvalue weighted by Gasteiger charge is -2.17. The monoisotopic (exact) mass is 454 g/mol. The van der Waals surface area contributed by atoms with Gasteiger partial charge in [0.05, 0.1) is 27.4 Å². The van der Waals surface area contributed by atoms with Crippen molar-refractivity contribution < 1.29 is 27.9 Å². The maximum Gasteiger partial charge on any atom is 0.227 e. The van der Waals surface area contributed by atoms with Crippen molar-refractivity contribution >= 4 is 5.91 Å². The molecule has 0 bridgehead atoms. The van der Waals surface area contributed by atoms with Crippen LogP contribution in [0.4, 0.5) is 4.39 Å². The summed E-state index contributed by atoms with van der Waals surface area (Å²) in [4.78, 5) is 16.7. The van der Waals surface area contributed by atoms with Gasteiger partial charge in [-0.05, 0) is 48.4 Å². The van der Waals surface area contributed by atoms with E-state index in [2.05, 4.69) is 21.5 Å². The minimum absolute atomic E-state index is 0.0205. The molecule has 3 rings (SSSR count). The maximum absolute atomic E-state index is 13.5. The predicted octanol–water partition coefficient (Wildman–Crippen LogP) is 3.52. The second-order valence-electron chi connectivity index (χ2n) is 7.06. The number of methoxy groups -OCH3 is 3. The van der Waals surface area contributed by atoms with Gasteiger partial charge >= 0.3 is 0 Å². The Kier molecular flexibility index (Phi) is 7.46. The Morgan fingerprint density at radius 3 is 2.45 bits per heavy atom. The van der Waals surface area contributed by atoms with Crippen molar-refractivity contribution in [1.82, 2.24) is 15.5 Å². The molecule has 0 radical (unpaired) electrons. The zero-order valence-corrected chi connectivity index (χ0v) is 18.6. The molecule has 3 aromatic rings. The molecule has 0 spiro atoms. The lowest BCUT2D eigenvalue weighted by atomic mass is 10.1. The fourth-order valence-corrected chi connectivity index (χ4v) is 3.17. The van der Waals surface area contributed by atoms with Crippen LogP contribution in [-0.2, 0) is 11.2 Å². The molecule has 0 saturated heterocycles. The first-order valence-corrected chi connectivity index (χ1v) is 9.98. The normalized spacial score (nSPS) is 11.4. The van der Waals surface area contributed by atoms with Crippen LogP contribution in [-0.4, -0.2) is 37.4 Å². The van der Waals surface area contributed by atoms with Gasteiger partial charge in [0.15, 0.2) is 11.5 Å². The van der Waals surface area contributed by atoms with Gasteiger partial charge in [0.25, 0.3) is 0 Å². The Balaban J connectivity index is 1.66. The van der Waals surface area contributed by atoms with Gasteiger partial charge in [0, 0.05) is 18.4 Å². The highest BCUT2D eigenvalue weighted by atomic mass is 19.1. The van der Waals surface area contributed by atoms with E-state index in [0.717, 1.165) is 0 Å². The lowest BCUT2D eigenvalue weighted by Crippen LogP contribution is -2.27. The highest BCUT2D eigenvalue weighted by Crippen LogP contribution is 2.39. The molecule has 33 heavy (non-hydrogen) atoms. The SMILES string of the molecule is COc1cc(C(C#N)NC(=O)CCc2nc(-c3ccc(F)c(C)c3)no2)cc(OC)c1OC. The summed E-state index contributed by atoms with van der Waals surface area (Å²) in [5, 5.41) is 16.1. The number of amides is 1. The van der Waals surface area contributed by atoms with E-state index in [1.165, 1.54) is 27.4 Å². The van der Waals surface area contributed by atoms with Crippen LogP contribution >= 0.6 is 0 Å². The van der Waals surface area contributed by atoms with Crippen LogP contribution in [0.1, 0.15) is 29.5 Å². The number of aromatic nitrogens is 2. The number of nitrogens with zero attached hydrogens (tertiary/aromatic N) is 3. The van der Waals surface area contributed by atoms with Crippen molar-refractivity contribution in [1.29, 1.82) is 5.26 Å². The molecular weight excluding hydrogens is 431 g/mol. The van der Waals surface area contributed by atoms with Gasteiger partial charge < -0.3 is 24.1 Å². The average molecular weight is 454 g/mol. The maximum atomic E-state index is 13.5. The molecule has 0 aliphatic rings. The summed E-state index contributed by atoms with van der Waals surface area (Å²) in [6.45, 7) is 1.64. The van der Waals surface area contributed by atoms with E-state index in [-0.39, 0.29) is 30.5 Å². The fraction of sp³-hybridized carbons (Fsp3) is 0.304. The van der Waals surface area contributed by atoms with Crippen LogP contribution in [0.15, 0.2) is 34.9 Å². The number of carbonyl (C=O) groups is 1. The zero-order chi connectivity index (χ0) is 24.0. The first kappa shape index (κ1) is 23.5. The molecule has 0 saturated carbocycles. The number of hydrogen-bond acceptors (Lipinski definition) is 8. The first-order valence-electron chi connectivity index (χ1n) is 9.98. The number of benzene rings is 2. The number of aryl methyl sites for hydroxylation is 2. The van der Waals surface area contributed by atoms with E-state index < -0.39 is 6.04 Å². The summed E-state index contributed by atoms with van der Waals surface area (Å²) in [6, 6.07) is 8.83. The van der Waals surface area contributed by atoms with Crippen molar-refractivity contribution in [2.24, 2.45) is 0 Å². The van der Waals surface area contributed by atoms with Crippen LogP contribution in [0.25, 0.3) is 11.4 Å². The number of nitrogens with one attached hydrogen (secondary N) is 1. The molecule has 0 aliphatic heterocycles. The van der Waals surface area contributed by atoms with E-state index in [1.807, 2.05) is 0 Å². The topological polar surface area (TPSA) is 120 Å². The van der Waals surface area contributed by atoms with Crippen LogP contribution < -0.4 is 19.5 Å². The van der Waals surface area contributed by atoms with Gasteiger partial charge in [0.2, 0.25) is 23.4 Å². The molecule has 9 nitrogen and oxygen atoms in total. The molecule has 1 N–H and O–H groups in total. The Hall–Kier alpha value is -4.13. The van der Waals surface area contributed by atoms with Crippen molar-refractivity contribution in [2.45, 2.75) is 25.8 Å². The minimum Gasteiger partial charge on any atom is -0.493 e. The molecule has 1 amide bonds. The van der Waals surface area contributed by atoms with Crippen LogP contribution in [0, 0.1) is 24.1 Å². The molecular formula is C23H23FN4O5. The summed E-state index contributed by atoms with van der Waals surface area (Å²) in [7, 11) is 4.41. The second kappa shape index (κ2) is 10.5. The van der Waals surface area contributed by atoms with Crippen molar-refractivity contribution in [3.8, 4) is 34.7 Å². The first-order chi connectivity index (χ1) is 15.9. The molecule has 10 heteroatoms. The molecule has 172 valence electrons. The summed E-state index contributed by atoms with van der Waals surface area (Å²) in [6.07, 6.45) is 0.194. The molecule has 1 atom stereocenters. The number of rotatable bonds is 9. The number of nitriles is 1. The Bertz CT molecular complexity index is 1160. The Labute approximate surface area is 190 Å². The van der Waals surface area contributed by atoms with Gasteiger partial charge in [-0.1, -0.05) is 5.16 Å². The third-order valence-electron chi connectivity index (χ3n) is 4.90. The standard InChI is InChI=1S/C23H23FN4O5/c1-13-9-14(5-6-16(13)24)23-27-21(33-28-23)8-7-20(29)26-17(12-25)15-10-18(30-2)22(32-4)19(11-15)31-3/h5-6,9-11,17H,7-8H2,1-4H3,(H,26,29). The molecule has 1 heterocycles. The lowest BCUT2D eigenvalue weighted by molar-refractivity contribution is -0.121. The van der Waals surface area contributed by atoms with Crippen molar-refractivity contribution in [2.75, 3.05) is 21.3 Å². The smallest absolute Gasteiger partial charge is 0.227 e. The summed E-state index contributed by atoms with van der Waals surface area (Å²) in [5.41, 5.74) is 1.56. The Morgan fingerprint density at radius 2 is 1.88 bits per heavy atom. The van der Waals surface area contributed by atoms with Crippen LogP contribution in [0.3, 0.4) is 0 Å². The van der Waals surface area contributed by atoms with Crippen LogP contribution in [0.5, 0.6) is 17.2 Å². The quantitative estimate of drug-likeness (QED) is 0.522. The number of carbonyl (C=O) groups excluding carboxylic acids is 1. The molecule has 1 aromatic heterocycles. The average Bonchev–Trinajstić information content (AvgIpc) is 3.31. The minimum atomic E-state index is -0.938.